The number of aliphatic hydroxyl groups is 1. The van der Waals surface area contributed by atoms with Gasteiger partial charge in [-0.3, -0.25) is 14.6 Å². The van der Waals surface area contributed by atoms with Crippen LogP contribution in [0.4, 0.5) is 0 Å². The summed E-state index contributed by atoms with van der Waals surface area (Å²) in [6.07, 6.45) is 4.70. The molecule has 4 rings (SSSR count). The van der Waals surface area contributed by atoms with E-state index in [9.17, 15) is 14.7 Å². The van der Waals surface area contributed by atoms with E-state index in [4.69, 9.17) is 4.42 Å². The lowest BCUT2D eigenvalue weighted by Gasteiger charge is -2.24. The highest BCUT2D eigenvalue weighted by Crippen LogP contribution is 2.40. The summed E-state index contributed by atoms with van der Waals surface area (Å²) in [7, 11) is 0. The van der Waals surface area contributed by atoms with Crippen molar-refractivity contribution in [2.45, 2.75) is 12.6 Å². The summed E-state index contributed by atoms with van der Waals surface area (Å²) in [5.74, 6) is -1.11. The van der Waals surface area contributed by atoms with Gasteiger partial charge in [-0.2, -0.15) is 0 Å². The van der Waals surface area contributed by atoms with Crippen molar-refractivity contribution in [1.29, 1.82) is 0 Å². The van der Waals surface area contributed by atoms with Crippen LogP contribution in [0.3, 0.4) is 0 Å². The molecule has 7 heteroatoms. The number of nitrogens with zero attached hydrogens (tertiary/aromatic N) is 2. The second-order valence-electron chi connectivity index (χ2n) is 6.30. The lowest BCUT2D eigenvalue weighted by atomic mass is 9.96. The summed E-state index contributed by atoms with van der Waals surface area (Å²) < 4.78 is 6.19. The molecule has 0 unspecified atom stereocenters. The Balaban J connectivity index is 1.85. The highest BCUT2D eigenvalue weighted by Gasteiger charge is 2.46. The molecule has 3 aromatic rings. The van der Waals surface area contributed by atoms with E-state index in [2.05, 4.69) is 20.9 Å². The first-order valence-corrected chi connectivity index (χ1v) is 9.32. The van der Waals surface area contributed by atoms with E-state index in [0.717, 1.165) is 4.47 Å². The van der Waals surface area contributed by atoms with Gasteiger partial charge in [0.15, 0.2) is 0 Å². The molecule has 1 atom stereocenters. The van der Waals surface area contributed by atoms with Gasteiger partial charge in [0.25, 0.3) is 11.7 Å². The van der Waals surface area contributed by atoms with E-state index in [1.54, 1.807) is 60.9 Å². The second-order valence-corrected chi connectivity index (χ2v) is 7.22. The highest BCUT2D eigenvalue weighted by molar-refractivity contribution is 9.10. The third kappa shape index (κ3) is 3.25. The molecule has 0 radical (unpaired) electrons. The van der Waals surface area contributed by atoms with Crippen LogP contribution in [0.15, 0.2) is 81.7 Å². The molecule has 140 valence electrons. The largest absolute Gasteiger partial charge is 0.507 e. The second kappa shape index (κ2) is 7.44. The zero-order valence-electron chi connectivity index (χ0n) is 14.6. The number of furan rings is 1. The summed E-state index contributed by atoms with van der Waals surface area (Å²) in [6.45, 7) is 0.105. The number of pyridine rings is 1. The Morgan fingerprint density at radius 3 is 2.57 bits per heavy atom. The van der Waals surface area contributed by atoms with Crippen LogP contribution in [-0.2, 0) is 16.1 Å². The maximum Gasteiger partial charge on any atom is 0.296 e. The average Bonchev–Trinajstić information content (AvgIpc) is 3.31. The number of hydrogen-bond acceptors (Lipinski definition) is 5. The zero-order chi connectivity index (χ0) is 19.7. The number of aliphatic hydroxyl groups excluding tert-OH is 1. The van der Waals surface area contributed by atoms with E-state index in [-0.39, 0.29) is 17.9 Å². The summed E-state index contributed by atoms with van der Waals surface area (Å²) in [5, 5.41) is 10.9. The SMILES string of the molecule is O=C1C(=O)N(Cc2ccco2)[C@@H](c2cccnc2)C1=C(O)c1ccc(Br)cc1. The van der Waals surface area contributed by atoms with Crippen molar-refractivity contribution in [3.05, 3.63) is 94.1 Å². The maximum absolute atomic E-state index is 12.8. The molecule has 28 heavy (non-hydrogen) atoms. The molecular weight excluding hydrogens is 424 g/mol. The Kier molecular flexibility index (Phi) is 4.83. The monoisotopic (exact) mass is 438 g/mol. The van der Waals surface area contributed by atoms with Gasteiger partial charge in [-0.05, 0) is 35.9 Å². The molecule has 1 aliphatic rings. The highest BCUT2D eigenvalue weighted by atomic mass is 79.9. The van der Waals surface area contributed by atoms with Crippen LogP contribution in [0, 0.1) is 0 Å². The van der Waals surface area contributed by atoms with Crippen LogP contribution in [0.5, 0.6) is 0 Å². The van der Waals surface area contributed by atoms with E-state index < -0.39 is 17.7 Å². The number of carbonyl (C=O) groups excluding carboxylic acids is 2. The van der Waals surface area contributed by atoms with Crippen molar-refractivity contribution >= 4 is 33.4 Å². The predicted octanol–water partition coefficient (Wildman–Crippen LogP) is 4.06. The minimum Gasteiger partial charge on any atom is -0.507 e. The number of amides is 1. The van der Waals surface area contributed by atoms with Gasteiger partial charge in [-0.1, -0.05) is 34.1 Å². The van der Waals surface area contributed by atoms with E-state index in [0.29, 0.717) is 16.9 Å². The summed E-state index contributed by atoms with van der Waals surface area (Å²) in [5.41, 5.74) is 1.12. The molecule has 6 nitrogen and oxygen atoms in total. The molecular formula is C21H15BrN2O4. The summed E-state index contributed by atoms with van der Waals surface area (Å²) in [4.78, 5) is 31.1. The number of likely N-dealkylation sites (tertiary alicyclic amines) is 1. The molecule has 1 fully saturated rings. The minimum absolute atomic E-state index is 0.0341. The number of hydrogen-bond donors (Lipinski definition) is 1. The summed E-state index contributed by atoms with van der Waals surface area (Å²) >= 11 is 3.35. The average molecular weight is 439 g/mol. The molecule has 0 aliphatic carbocycles. The molecule has 1 saturated heterocycles. The Bertz CT molecular complexity index is 1040. The van der Waals surface area contributed by atoms with Crippen molar-refractivity contribution in [2.75, 3.05) is 0 Å². The molecule has 0 saturated carbocycles. The van der Waals surface area contributed by atoms with Gasteiger partial charge >= 0.3 is 0 Å². The number of Topliss-reactive ketones (excluding diaryl/α,β-unsaturated/α-hetero) is 1. The summed E-state index contributed by atoms with van der Waals surface area (Å²) in [6, 6.07) is 13.1. The lowest BCUT2D eigenvalue weighted by Crippen LogP contribution is -2.29. The minimum atomic E-state index is -0.762. The van der Waals surface area contributed by atoms with Gasteiger partial charge < -0.3 is 14.4 Å². The maximum atomic E-state index is 12.8. The Hall–Kier alpha value is -3.19. The molecule has 0 bridgehead atoms. The van der Waals surface area contributed by atoms with Gasteiger partial charge in [0, 0.05) is 22.4 Å². The van der Waals surface area contributed by atoms with Crippen molar-refractivity contribution in [2.24, 2.45) is 0 Å². The van der Waals surface area contributed by atoms with Crippen molar-refractivity contribution in [3.8, 4) is 0 Å². The Morgan fingerprint density at radius 2 is 1.93 bits per heavy atom. The third-order valence-electron chi connectivity index (χ3n) is 4.56. The standard InChI is InChI=1S/C21H15BrN2O4/c22-15-7-5-13(6-8-15)19(25)17-18(14-3-1-9-23-11-14)24(21(27)20(17)26)12-16-4-2-10-28-16/h1-11,18,25H,12H2/t18-/m0/s1. The molecule has 1 amide bonds. The fourth-order valence-electron chi connectivity index (χ4n) is 3.26. The molecule has 3 heterocycles. The van der Waals surface area contributed by atoms with Crippen LogP contribution in [0.25, 0.3) is 5.76 Å². The van der Waals surface area contributed by atoms with Crippen molar-refractivity contribution in [1.82, 2.24) is 9.88 Å². The predicted molar refractivity (Wildman–Crippen MR) is 105 cm³/mol. The molecule has 0 spiro atoms. The third-order valence-corrected chi connectivity index (χ3v) is 5.09. The quantitative estimate of drug-likeness (QED) is 0.377. The fourth-order valence-corrected chi connectivity index (χ4v) is 3.53. The van der Waals surface area contributed by atoms with Gasteiger partial charge in [-0.15, -0.1) is 0 Å². The molecule has 1 N–H and O–H groups in total. The number of benzene rings is 1. The normalized spacial score (nSPS) is 18.6. The van der Waals surface area contributed by atoms with Gasteiger partial charge in [-0.25, -0.2) is 0 Å². The fraction of sp³-hybridized carbons (Fsp3) is 0.0952. The van der Waals surface area contributed by atoms with Crippen molar-refractivity contribution in [3.63, 3.8) is 0 Å². The number of ketones is 1. The van der Waals surface area contributed by atoms with E-state index >= 15 is 0 Å². The smallest absolute Gasteiger partial charge is 0.296 e. The van der Waals surface area contributed by atoms with Crippen LogP contribution < -0.4 is 0 Å². The number of halogens is 1. The van der Waals surface area contributed by atoms with Gasteiger partial charge in [0.2, 0.25) is 0 Å². The van der Waals surface area contributed by atoms with Crippen molar-refractivity contribution < 1.29 is 19.1 Å². The van der Waals surface area contributed by atoms with Gasteiger partial charge in [0.1, 0.15) is 11.5 Å². The molecule has 2 aromatic heterocycles. The van der Waals surface area contributed by atoms with E-state index in [1.807, 2.05) is 0 Å². The first kappa shape index (κ1) is 18.2. The van der Waals surface area contributed by atoms with Crippen LogP contribution in [0.2, 0.25) is 0 Å². The van der Waals surface area contributed by atoms with Crippen LogP contribution in [0.1, 0.15) is 22.9 Å². The number of aromatic nitrogens is 1. The molecule has 1 aromatic carbocycles. The topological polar surface area (TPSA) is 83.6 Å². The van der Waals surface area contributed by atoms with E-state index in [1.165, 1.54) is 11.2 Å². The zero-order valence-corrected chi connectivity index (χ0v) is 16.2. The number of rotatable bonds is 4. The lowest BCUT2D eigenvalue weighted by molar-refractivity contribution is -0.140. The van der Waals surface area contributed by atoms with Crippen LogP contribution in [-0.4, -0.2) is 26.7 Å². The van der Waals surface area contributed by atoms with Crippen LogP contribution >= 0.6 is 15.9 Å². The van der Waals surface area contributed by atoms with Gasteiger partial charge in [0.05, 0.1) is 24.4 Å². The first-order chi connectivity index (χ1) is 13.6. The molecule has 1 aliphatic heterocycles. The Labute approximate surface area is 169 Å². The first-order valence-electron chi connectivity index (χ1n) is 8.53. The number of carbonyl (C=O) groups is 2. The Morgan fingerprint density at radius 1 is 1.14 bits per heavy atom.